The molecule has 1 rings (SSSR count). The number of hydrogen-bond acceptors (Lipinski definition) is 6. The average molecular weight is 521 g/mol. The molecule has 5 atom stereocenters. The van der Waals surface area contributed by atoms with Crippen molar-refractivity contribution in [2.45, 2.75) is 76.6 Å². The number of esters is 1. The summed E-state index contributed by atoms with van der Waals surface area (Å²) < 4.78 is 5.85. The average Bonchev–Trinajstić information content (AvgIpc) is 3.04. The van der Waals surface area contributed by atoms with E-state index in [1.54, 1.807) is 18.2 Å². The minimum Gasteiger partial charge on any atom is -0.481 e. The third-order valence-corrected chi connectivity index (χ3v) is 6.03. The Hall–Kier alpha value is -2.55. The van der Waals surface area contributed by atoms with E-state index >= 15 is 0 Å². The van der Waals surface area contributed by atoms with E-state index in [0.717, 1.165) is 12.8 Å². The first-order valence-corrected chi connectivity index (χ1v) is 13.2. The third kappa shape index (κ3) is 14.7. The number of aliphatic hydroxyl groups excluding tert-OH is 2. The summed E-state index contributed by atoms with van der Waals surface area (Å²) in [5.41, 5.74) is 0. The topological polar surface area (TPSA) is 121 Å². The highest BCUT2D eigenvalue weighted by molar-refractivity contribution is 5.84. The van der Waals surface area contributed by atoms with E-state index in [1.807, 2.05) is 39.4 Å². The Morgan fingerprint density at radius 1 is 1.11 bits per heavy atom. The van der Waals surface area contributed by atoms with E-state index in [1.165, 1.54) is 0 Å². The van der Waals surface area contributed by atoms with Crippen molar-refractivity contribution < 1.29 is 38.9 Å². The molecule has 1 saturated carbocycles. The number of carboxylic acids is 1. The second-order valence-corrected chi connectivity index (χ2v) is 10.6. The van der Waals surface area contributed by atoms with Gasteiger partial charge in [-0.3, -0.25) is 14.4 Å². The van der Waals surface area contributed by atoms with Gasteiger partial charge in [-0.25, -0.2) is 0 Å². The van der Waals surface area contributed by atoms with Crippen molar-refractivity contribution >= 4 is 17.7 Å². The lowest BCUT2D eigenvalue weighted by molar-refractivity contribution is -0.873. The van der Waals surface area contributed by atoms with E-state index in [2.05, 4.69) is 19.1 Å². The molecular formula is C29H46NO7+. The number of hydrogen-bond donors (Lipinski definition) is 3. The molecule has 0 aromatic rings. The van der Waals surface area contributed by atoms with Crippen molar-refractivity contribution in [2.75, 3.05) is 27.7 Å². The fraction of sp³-hybridized carbons (Fsp3) is 0.621. The van der Waals surface area contributed by atoms with Crippen LogP contribution in [0.5, 0.6) is 0 Å². The second-order valence-electron chi connectivity index (χ2n) is 10.6. The van der Waals surface area contributed by atoms with Gasteiger partial charge in [0, 0.05) is 24.7 Å². The van der Waals surface area contributed by atoms with Gasteiger partial charge in [-0.05, 0) is 32.1 Å². The van der Waals surface area contributed by atoms with Crippen LogP contribution in [0.1, 0.15) is 58.3 Å². The Morgan fingerprint density at radius 3 is 2.46 bits per heavy atom. The van der Waals surface area contributed by atoms with Crippen molar-refractivity contribution in [1.29, 1.82) is 0 Å². The van der Waals surface area contributed by atoms with Gasteiger partial charge in [0.05, 0.1) is 39.8 Å². The molecule has 0 aliphatic heterocycles. The third-order valence-electron chi connectivity index (χ3n) is 6.03. The van der Waals surface area contributed by atoms with Gasteiger partial charge in [0.15, 0.2) is 6.10 Å². The number of likely N-dealkylation sites (N-methyl/N-ethyl adjacent to an activating group) is 1. The zero-order chi connectivity index (χ0) is 27.8. The van der Waals surface area contributed by atoms with Crippen LogP contribution >= 0.6 is 0 Å². The van der Waals surface area contributed by atoms with Crippen LogP contribution < -0.4 is 0 Å². The molecule has 1 fully saturated rings. The Labute approximate surface area is 221 Å². The van der Waals surface area contributed by atoms with E-state index in [9.17, 15) is 24.6 Å². The number of nitrogens with zero attached hydrogens (tertiary/aromatic N) is 1. The molecule has 1 aliphatic carbocycles. The zero-order valence-corrected chi connectivity index (χ0v) is 22.8. The standard InChI is InChI=1S/C29H45NO7/c1-5-6-7-8-9-11-14-22(31)17-18-25-24(26(32)20-27(25)33)15-12-10-13-16-29(36)37-23(19-28(34)35)21-30(2,3)4/h6-7,9-12,17-18,22-25,27,31,33H,5,8,13-16,19-21H2,1-4H3/p+1/b7-6+,11-9-,12-10+,18-17+. The van der Waals surface area contributed by atoms with Crippen LogP contribution in [0.4, 0.5) is 0 Å². The van der Waals surface area contributed by atoms with Crippen LogP contribution in [0.25, 0.3) is 0 Å². The molecule has 3 N–H and O–H groups in total. The minimum absolute atomic E-state index is 0.0138. The Kier molecular flexibility index (Phi) is 15.0. The summed E-state index contributed by atoms with van der Waals surface area (Å²) in [4.78, 5) is 35.7. The molecule has 208 valence electrons. The van der Waals surface area contributed by atoms with Crippen molar-refractivity contribution in [3.63, 3.8) is 0 Å². The maximum Gasteiger partial charge on any atom is 0.307 e. The summed E-state index contributed by atoms with van der Waals surface area (Å²) in [5, 5.41) is 29.6. The molecule has 0 amide bonds. The monoisotopic (exact) mass is 520 g/mol. The van der Waals surface area contributed by atoms with Gasteiger partial charge in [-0.2, -0.15) is 0 Å². The van der Waals surface area contributed by atoms with E-state index < -0.39 is 30.3 Å². The smallest absolute Gasteiger partial charge is 0.307 e. The van der Waals surface area contributed by atoms with Crippen LogP contribution in [0, 0.1) is 11.8 Å². The van der Waals surface area contributed by atoms with Gasteiger partial charge in [0.25, 0.3) is 0 Å². The summed E-state index contributed by atoms with van der Waals surface area (Å²) in [7, 11) is 5.71. The summed E-state index contributed by atoms with van der Waals surface area (Å²) in [6.45, 7) is 2.47. The number of quaternary nitrogens is 1. The maximum atomic E-state index is 12.4. The minimum atomic E-state index is -1.01. The van der Waals surface area contributed by atoms with E-state index in [0.29, 0.717) is 30.3 Å². The lowest BCUT2D eigenvalue weighted by Crippen LogP contribution is -2.43. The van der Waals surface area contributed by atoms with Gasteiger partial charge in [-0.15, -0.1) is 0 Å². The highest BCUT2D eigenvalue weighted by atomic mass is 16.5. The first kappa shape index (κ1) is 32.5. The highest BCUT2D eigenvalue weighted by Gasteiger charge is 2.39. The first-order chi connectivity index (χ1) is 17.4. The molecule has 0 heterocycles. The van der Waals surface area contributed by atoms with Gasteiger partial charge < -0.3 is 24.5 Å². The molecule has 1 aliphatic rings. The summed E-state index contributed by atoms with van der Waals surface area (Å²) >= 11 is 0. The number of ketones is 1. The van der Waals surface area contributed by atoms with Gasteiger partial charge >= 0.3 is 11.9 Å². The summed E-state index contributed by atoms with van der Waals surface area (Å²) in [6.07, 6.45) is 16.1. The van der Waals surface area contributed by atoms with Crippen molar-refractivity contribution in [2.24, 2.45) is 11.8 Å². The predicted molar refractivity (Wildman–Crippen MR) is 144 cm³/mol. The van der Waals surface area contributed by atoms with Crippen LogP contribution in [0.2, 0.25) is 0 Å². The number of carbonyl (C=O) groups is 3. The predicted octanol–water partition coefficient (Wildman–Crippen LogP) is 3.59. The van der Waals surface area contributed by atoms with Crippen molar-refractivity contribution in [3.8, 4) is 0 Å². The van der Waals surface area contributed by atoms with Gasteiger partial charge in [0.1, 0.15) is 12.3 Å². The number of aliphatic hydroxyl groups is 2. The Balaban J connectivity index is 2.53. The lowest BCUT2D eigenvalue weighted by Gasteiger charge is -2.28. The largest absolute Gasteiger partial charge is 0.481 e. The fourth-order valence-electron chi connectivity index (χ4n) is 4.29. The number of allylic oxidation sites excluding steroid dienone is 5. The second kappa shape index (κ2) is 17.1. The molecule has 0 saturated heterocycles. The Morgan fingerprint density at radius 2 is 1.81 bits per heavy atom. The van der Waals surface area contributed by atoms with E-state index in [-0.39, 0.29) is 36.9 Å². The molecule has 0 radical (unpaired) electrons. The molecule has 8 nitrogen and oxygen atoms in total. The Bertz CT molecular complexity index is 838. The number of aliphatic carboxylic acids is 1. The fourth-order valence-corrected chi connectivity index (χ4v) is 4.29. The summed E-state index contributed by atoms with van der Waals surface area (Å²) in [5.74, 6) is -2.22. The highest BCUT2D eigenvalue weighted by Crippen LogP contribution is 2.33. The number of carboxylic acid groups (broad SMARTS) is 1. The number of ether oxygens (including phenoxy) is 1. The number of rotatable bonds is 17. The van der Waals surface area contributed by atoms with Gasteiger partial charge in [0.2, 0.25) is 0 Å². The molecule has 5 unspecified atom stereocenters. The van der Waals surface area contributed by atoms with Crippen molar-refractivity contribution in [1.82, 2.24) is 0 Å². The van der Waals surface area contributed by atoms with Crippen LogP contribution in [-0.2, 0) is 19.1 Å². The quantitative estimate of drug-likeness (QED) is 0.152. The maximum absolute atomic E-state index is 12.4. The SMILES string of the molecule is CC/C=C/C/C=C\CC(O)/C=C/C1C(O)CC(=O)C1C/C=C/CCC(=O)OC(CC(=O)O)C[N+](C)(C)C. The number of carbonyl (C=O) groups excluding carboxylic acids is 2. The van der Waals surface area contributed by atoms with Crippen LogP contribution in [-0.4, -0.2) is 83.5 Å². The molecular weight excluding hydrogens is 474 g/mol. The zero-order valence-electron chi connectivity index (χ0n) is 22.8. The molecule has 0 spiro atoms. The van der Waals surface area contributed by atoms with Crippen molar-refractivity contribution in [3.05, 3.63) is 48.6 Å². The normalized spacial score (nSPS) is 22.5. The molecule has 0 aromatic heterocycles. The van der Waals surface area contributed by atoms with Crippen LogP contribution in [0.15, 0.2) is 48.6 Å². The molecule has 0 bridgehead atoms. The van der Waals surface area contributed by atoms with Gasteiger partial charge in [-0.1, -0.05) is 55.5 Å². The summed E-state index contributed by atoms with van der Waals surface area (Å²) in [6, 6.07) is 0. The molecule has 37 heavy (non-hydrogen) atoms. The lowest BCUT2D eigenvalue weighted by atomic mass is 9.90. The van der Waals surface area contributed by atoms with E-state index in [4.69, 9.17) is 9.84 Å². The first-order valence-electron chi connectivity index (χ1n) is 13.2. The van der Waals surface area contributed by atoms with Crippen LogP contribution in [0.3, 0.4) is 0 Å². The molecule has 8 heteroatoms. The molecule has 0 aromatic carbocycles. The number of Topliss-reactive ketones (excluding diaryl/α,β-unsaturated/α-hetero) is 1.